The molecule has 2 aromatic rings. The monoisotopic (exact) mass is 417 g/mol. The van der Waals surface area contributed by atoms with Gasteiger partial charge in [0.05, 0.1) is 22.8 Å². The highest BCUT2D eigenvalue weighted by Crippen LogP contribution is 2.34. The number of hydrogen-bond acceptors (Lipinski definition) is 7. The number of amides is 2. The maximum atomic E-state index is 12.2. The molecule has 0 aliphatic carbocycles. The fourth-order valence-electron chi connectivity index (χ4n) is 2.68. The number of benzene rings is 2. The van der Waals surface area contributed by atoms with Crippen molar-refractivity contribution in [1.82, 2.24) is 4.72 Å². The number of nitrogens with zero attached hydrogens (tertiary/aromatic N) is 1. The molecule has 0 saturated carbocycles. The van der Waals surface area contributed by atoms with Gasteiger partial charge in [-0.2, -0.15) is 5.10 Å². The minimum atomic E-state index is -3.37. The third-order valence-electron chi connectivity index (χ3n) is 4.08. The van der Waals surface area contributed by atoms with Crippen LogP contribution < -0.4 is 20.8 Å². The van der Waals surface area contributed by atoms with Crippen molar-refractivity contribution in [3.63, 3.8) is 0 Å². The van der Waals surface area contributed by atoms with Crippen LogP contribution in [0.3, 0.4) is 0 Å². The Morgan fingerprint density at radius 3 is 2.52 bits per heavy atom. The van der Waals surface area contributed by atoms with Crippen molar-refractivity contribution in [1.29, 1.82) is 0 Å². The van der Waals surface area contributed by atoms with Crippen LogP contribution in [0.1, 0.15) is 18.1 Å². The largest absolute Gasteiger partial charge is 0.506 e. The van der Waals surface area contributed by atoms with Crippen molar-refractivity contribution in [3.05, 3.63) is 47.5 Å². The van der Waals surface area contributed by atoms with E-state index in [-0.39, 0.29) is 28.8 Å². The molecule has 0 radical (unpaired) electrons. The van der Waals surface area contributed by atoms with Crippen LogP contribution in [0.15, 0.2) is 41.5 Å². The molecule has 1 aliphatic rings. The van der Waals surface area contributed by atoms with Crippen LogP contribution in [-0.4, -0.2) is 38.1 Å². The second kappa shape index (κ2) is 7.89. The maximum absolute atomic E-state index is 12.2. The lowest BCUT2D eigenvalue weighted by Gasteiger charge is -2.08. The Balaban J connectivity index is 1.81. The summed E-state index contributed by atoms with van der Waals surface area (Å²) in [6.45, 7) is 1.30. The Labute approximate surface area is 167 Å². The Morgan fingerprint density at radius 2 is 1.90 bits per heavy atom. The highest BCUT2D eigenvalue weighted by molar-refractivity contribution is 7.88. The van der Waals surface area contributed by atoms with Gasteiger partial charge in [-0.3, -0.25) is 15.0 Å². The van der Waals surface area contributed by atoms with Gasteiger partial charge in [0.2, 0.25) is 15.9 Å². The van der Waals surface area contributed by atoms with E-state index >= 15 is 0 Å². The number of fused-ring (bicyclic) bond motifs is 1. The second-order valence-corrected chi connectivity index (χ2v) is 8.21. The SMILES string of the molecule is CNS(=O)(=O)Cc1ccc(N/N=C2\C(=O)Nc3cc(O)c(NC(C)=O)cc32)cc1. The van der Waals surface area contributed by atoms with E-state index in [2.05, 4.69) is 25.9 Å². The van der Waals surface area contributed by atoms with Crippen LogP contribution in [-0.2, 0) is 25.4 Å². The summed E-state index contributed by atoms with van der Waals surface area (Å²) in [5.41, 5.74) is 4.92. The Hall–Kier alpha value is -3.44. The van der Waals surface area contributed by atoms with Crippen LogP contribution in [0.2, 0.25) is 0 Å². The molecule has 2 aromatic carbocycles. The number of anilines is 3. The second-order valence-electron chi connectivity index (χ2n) is 6.28. The van der Waals surface area contributed by atoms with Crippen LogP contribution in [0, 0.1) is 0 Å². The molecule has 0 unspecified atom stereocenters. The molecule has 152 valence electrons. The van der Waals surface area contributed by atoms with Gasteiger partial charge in [0.1, 0.15) is 5.75 Å². The first-order valence-electron chi connectivity index (χ1n) is 8.48. The van der Waals surface area contributed by atoms with Crippen molar-refractivity contribution >= 4 is 44.6 Å². The number of hydrogen-bond donors (Lipinski definition) is 5. The van der Waals surface area contributed by atoms with Gasteiger partial charge in [-0.15, -0.1) is 0 Å². The molecule has 2 amide bonds. The number of phenolic OH excluding ortho intramolecular Hbond substituents is 1. The summed E-state index contributed by atoms with van der Waals surface area (Å²) < 4.78 is 25.4. The van der Waals surface area contributed by atoms with E-state index in [1.54, 1.807) is 24.3 Å². The third-order valence-corrected chi connectivity index (χ3v) is 5.42. The quantitative estimate of drug-likeness (QED) is 0.352. The minimum absolute atomic E-state index is 0.0773. The minimum Gasteiger partial charge on any atom is -0.506 e. The summed E-state index contributed by atoms with van der Waals surface area (Å²) in [5.74, 6) is -1.16. The van der Waals surface area contributed by atoms with E-state index in [0.717, 1.165) is 0 Å². The maximum Gasteiger partial charge on any atom is 0.276 e. The van der Waals surface area contributed by atoms with E-state index in [1.807, 2.05) is 0 Å². The number of carbonyl (C=O) groups excluding carboxylic acids is 2. The Morgan fingerprint density at radius 1 is 1.21 bits per heavy atom. The summed E-state index contributed by atoms with van der Waals surface area (Å²) in [6, 6.07) is 9.32. The number of rotatable bonds is 6. The molecule has 0 spiro atoms. The van der Waals surface area contributed by atoms with Crippen LogP contribution in [0.4, 0.5) is 17.1 Å². The van der Waals surface area contributed by atoms with Gasteiger partial charge < -0.3 is 15.7 Å². The van der Waals surface area contributed by atoms with Crippen LogP contribution in [0.5, 0.6) is 5.75 Å². The van der Waals surface area contributed by atoms with E-state index in [1.165, 1.54) is 26.1 Å². The molecular weight excluding hydrogens is 398 g/mol. The van der Waals surface area contributed by atoms with E-state index in [9.17, 15) is 23.1 Å². The first-order valence-corrected chi connectivity index (χ1v) is 10.1. The molecule has 1 aliphatic heterocycles. The zero-order valence-electron chi connectivity index (χ0n) is 15.6. The smallest absolute Gasteiger partial charge is 0.276 e. The van der Waals surface area contributed by atoms with Crippen molar-refractivity contribution in [2.75, 3.05) is 23.1 Å². The molecule has 3 rings (SSSR count). The highest BCUT2D eigenvalue weighted by atomic mass is 32.2. The molecule has 1 heterocycles. The predicted molar refractivity (Wildman–Crippen MR) is 109 cm³/mol. The van der Waals surface area contributed by atoms with Crippen LogP contribution in [0.25, 0.3) is 0 Å². The van der Waals surface area contributed by atoms with Gasteiger partial charge in [-0.25, -0.2) is 13.1 Å². The van der Waals surface area contributed by atoms with Crippen molar-refractivity contribution in [2.45, 2.75) is 12.7 Å². The zero-order chi connectivity index (χ0) is 21.2. The molecule has 29 heavy (non-hydrogen) atoms. The standard InChI is InChI=1S/C18H19N5O5S/c1-10(24)20-15-7-13-14(8-16(15)25)21-18(26)17(13)23-22-12-5-3-11(4-6-12)9-29(27,28)19-2/h3-8,19,22,25H,9H2,1-2H3,(H,20,24)(H,21,23,26). The van der Waals surface area contributed by atoms with Crippen molar-refractivity contribution < 1.29 is 23.1 Å². The molecule has 0 aromatic heterocycles. The number of phenols is 1. The number of sulfonamides is 1. The van der Waals surface area contributed by atoms with Gasteiger partial charge in [-0.05, 0) is 30.8 Å². The molecule has 0 atom stereocenters. The van der Waals surface area contributed by atoms with Crippen molar-refractivity contribution in [2.24, 2.45) is 5.10 Å². The molecule has 0 bridgehead atoms. The summed E-state index contributed by atoms with van der Waals surface area (Å²) in [7, 11) is -2.02. The van der Waals surface area contributed by atoms with Crippen molar-refractivity contribution in [3.8, 4) is 5.75 Å². The molecule has 10 nitrogen and oxygen atoms in total. The van der Waals surface area contributed by atoms with E-state index in [0.29, 0.717) is 22.5 Å². The topological polar surface area (TPSA) is 149 Å². The number of carbonyl (C=O) groups is 2. The first-order chi connectivity index (χ1) is 13.7. The lowest BCUT2D eigenvalue weighted by Crippen LogP contribution is -2.20. The summed E-state index contributed by atoms with van der Waals surface area (Å²) >= 11 is 0. The van der Waals surface area contributed by atoms with E-state index in [4.69, 9.17) is 0 Å². The van der Waals surface area contributed by atoms with Gasteiger partial charge >= 0.3 is 0 Å². The fraction of sp³-hybridized carbons (Fsp3) is 0.167. The first kappa shape index (κ1) is 20.3. The molecule has 0 fully saturated rings. The Bertz CT molecular complexity index is 1110. The lowest BCUT2D eigenvalue weighted by atomic mass is 10.1. The molecule has 5 N–H and O–H groups in total. The number of nitrogens with one attached hydrogen (secondary N) is 4. The fourth-order valence-corrected chi connectivity index (χ4v) is 3.46. The van der Waals surface area contributed by atoms with Gasteiger partial charge in [0.25, 0.3) is 5.91 Å². The highest BCUT2D eigenvalue weighted by Gasteiger charge is 2.28. The third kappa shape index (κ3) is 4.70. The number of hydrazone groups is 1. The number of aromatic hydroxyl groups is 1. The van der Waals surface area contributed by atoms with Gasteiger partial charge in [0.15, 0.2) is 5.71 Å². The summed E-state index contributed by atoms with van der Waals surface area (Å²) in [6.07, 6.45) is 0. The molecular formula is C18H19N5O5S. The van der Waals surface area contributed by atoms with E-state index < -0.39 is 15.9 Å². The summed E-state index contributed by atoms with van der Waals surface area (Å²) in [4.78, 5) is 23.5. The lowest BCUT2D eigenvalue weighted by molar-refractivity contribution is -0.114. The van der Waals surface area contributed by atoms with Crippen LogP contribution >= 0.6 is 0 Å². The van der Waals surface area contributed by atoms with Gasteiger partial charge in [-0.1, -0.05) is 12.1 Å². The van der Waals surface area contributed by atoms with Gasteiger partial charge in [0, 0.05) is 18.6 Å². The normalized spacial score (nSPS) is 14.4. The Kier molecular flexibility index (Phi) is 5.52. The molecule has 11 heteroatoms. The summed E-state index contributed by atoms with van der Waals surface area (Å²) in [5, 5.41) is 19.1. The average molecular weight is 417 g/mol. The average Bonchev–Trinajstić information content (AvgIpc) is 2.95. The zero-order valence-corrected chi connectivity index (χ0v) is 16.4. The predicted octanol–water partition coefficient (Wildman–Crippen LogP) is 1.17. The molecule has 0 saturated heterocycles.